The lowest BCUT2D eigenvalue weighted by Gasteiger charge is -2.05. The van der Waals surface area contributed by atoms with E-state index in [1.807, 2.05) is 42.5 Å². The first-order valence-corrected chi connectivity index (χ1v) is 8.94. The molecule has 3 aromatic rings. The van der Waals surface area contributed by atoms with Gasteiger partial charge in [0.25, 0.3) is 0 Å². The third-order valence-corrected chi connectivity index (χ3v) is 5.78. The highest BCUT2D eigenvalue weighted by Crippen LogP contribution is 2.23. The first-order chi connectivity index (χ1) is 10.1. The summed E-state index contributed by atoms with van der Waals surface area (Å²) < 4.78 is 24.7. The van der Waals surface area contributed by atoms with E-state index in [-0.39, 0.29) is 5.75 Å². The third kappa shape index (κ3) is 3.20. The first kappa shape index (κ1) is 14.0. The van der Waals surface area contributed by atoms with Crippen LogP contribution in [0.2, 0.25) is 0 Å². The van der Waals surface area contributed by atoms with Crippen molar-refractivity contribution in [3.63, 3.8) is 0 Å². The molecule has 0 fully saturated rings. The molecule has 3 rings (SSSR count). The predicted molar refractivity (Wildman–Crippen MR) is 84.9 cm³/mol. The Morgan fingerprint density at radius 3 is 2.19 bits per heavy atom. The van der Waals surface area contributed by atoms with Gasteiger partial charge in [0.15, 0.2) is 9.84 Å². The summed E-state index contributed by atoms with van der Waals surface area (Å²) in [5, 5.41) is 0. The summed E-state index contributed by atoms with van der Waals surface area (Å²) in [5.74, 6) is 0.00233. The van der Waals surface area contributed by atoms with Crippen molar-refractivity contribution in [3.8, 4) is 11.1 Å². The Kier molecular flexibility index (Phi) is 3.86. The standard InChI is InChI=1S/C16H13NO2S2/c18-21(19,11-15-10-17-12-20-15)16-8-6-14(7-9-16)13-4-2-1-3-5-13/h1-10,12H,11H2. The molecule has 0 amide bonds. The fourth-order valence-electron chi connectivity index (χ4n) is 2.07. The smallest absolute Gasteiger partial charge is 0.183 e. The van der Waals surface area contributed by atoms with Crippen LogP contribution in [0.3, 0.4) is 0 Å². The van der Waals surface area contributed by atoms with Crippen LogP contribution in [0.15, 0.2) is 71.2 Å². The quantitative estimate of drug-likeness (QED) is 0.736. The van der Waals surface area contributed by atoms with Crippen molar-refractivity contribution in [1.29, 1.82) is 0 Å². The van der Waals surface area contributed by atoms with Crippen molar-refractivity contribution in [2.24, 2.45) is 0 Å². The number of sulfone groups is 1. The molecule has 0 saturated carbocycles. The molecule has 106 valence electrons. The summed E-state index contributed by atoms with van der Waals surface area (Å²) >= 11 is 1.35. The lowest BCUT2D eigenvalue weighted by atomic mass is 10.1. The van der Waals surface area contributed by atoms with E-state index in [0.29, 0.717) is 4.90 Å². The maximum Gasteiger partial charge on any atom is 0.183 e. The monoisotopic (exact) mass is 315 g/mol. The highest BCUT2D eigenvalue weighted by Gasteiger charge is 2.16. The van der Waals surface area contributed by atoms with Crippen molar-refractivity contribution >= 4 is 21.2 Å². The Morgan fingerprint density at radius 2 is 1.57 bits per heavy atom. The molecule has 5 heteroatoms. The van der Waals surface area contributed by atoms with E-state index >= 15 is 0 Å². The van der Waals surface area contributed by atoms with Crippen LogP contribution < -0.4 is 0 Å². The molecule has 21 heavy (non-hydrogen) atoms. The van der Waals surface area contributed by atoms with Crippen LogP contribution in [0, 0.1) is 0 Å². The average Bonchev–Trinajstić information content (AvgIpc) is 3.00. The molecule has 0 saturated heterocycles. The largest absolute Gasteiger partial charge is 0.253 e. The summed E-state index contributed by atoms with van der Waals surface area (Å²) in [6.45, 7) is 0. The van der Waals surface area contributed by atoms with Gasteiger partial charge in [-0.15, -0.1) is 11.3 Å². The molecule has 3 nitrogen and oxygen atoms in total. The second kappa shape index (κ2) is 5.79. The van der Waals surface area contributed by atoms with Crippen LogP contribution in [0.5, 0.6) is 0 Å². The normalized spacial score (nSPS) is 11.4. The minimum atomic E-state index is -3.31. The van der Waals surface area contributed by atoms with Gasteiger partial charge in [-0.2, -0.15) is 0 Å². The zero-order valence-corrected chi connectivity index (χ0v) is 12.8. The van der Waals surface area contributed by atoms with Gasteiger partial charge in [0.2, 0.25) is 0 Å². The Hall–Kier alpha value is -1.98. The fourth-order valence-corrected chi connectivity index (χ4v) is 4.35. The number of rotatable bonds is 4. The van der Waals surface area contributed by atoms with Gasteiger partial charge >= 0.3 is 0 Å². The van der Waals surface area contributed by atoms with Crippen molar-refractivity contribution in [3.05, 3.63) is 71.2 Å². The topological polar surface area (TPSA) is 47.0 Å². The summed E-state index contributed by atoms with van der Waals surface area (Å²) in [6, 6.07) is 16.9. The molecule has 0 N–H and O–H groups in total. The molecule has 0 spiro atoms. The van der Waals surface area contributed by atoms with Crippen LogP contribution in [0.25, 0.3) is 11.1 Å². The number of nitrogens with zero attached hydrogens (tertiary/aromatic N) is 1. The molecule has 1 aromatic heterocycles. The molecule has 0 aliphatic heterocycles. The van der Waals surface area contributed by atoms with Crippen LogP contribution in [0.4, 0.5) is 0 Å². The van der Waals surface area contributed by atoms with E-state index in [0.717, 1.165) is 16.0 Å². The Bertz CT molecular complexity index is 808. The molecule has 0 aliphatic carbocycles. The van der Waals surface area contributed by atoms with Crippen LogP contribution in [0.1, 0.15) is 4.88 Å². The van der Waals surface area contributed by atoms with Gasteiger partial charge in [-0.25, -0.2) is 8.42 Å². The van der Waals surface area contributed by atoms with Gasteiger partial charge in [-0.3, -0.25) is 4.98 Å². The minimum absolute atomic E-state index is 0.00233. The summed E-state index contributed by atoms with van der Waals surface area (Å²) in [4.78, 5) is 5.00. The third-order valence-electron chi connectivity index (χ3n) is 3.14. The van der Waals surface area contributed by atoms with E-state index in [4.69, 9.17) is 0 Å². The second-order valence-corrected chi connectivity index (χ2v) is 7.58. The zero-order valence-electron chi connectivity index (χ0n) is 11.1. The van der Waals surface area contributed by atoms with E-state index in [2.05, 4.69) is 4.98 Å². The molecule has 1 heterocycles. The van der Waals surface area contributed by atoms with Crippen LogP contribution in [-0.4, -0.2) is 13.4 Å². The van der Waals surface area contributed by atoms with E-state index < -0.39 is 9.84 Å². The van der Waals surface area contributed by atoms with E-state index in [9.17, 15) is 8.42 Å². The van der Waals surface area contributed by atoms with Crippen molar-refractivity contribution in [2.75, 3.05) is 0 Å². The second-order valence-electron chi connectivity index (χ2n) is 4.62. The van der Waals surface area contributed by atoms with Gasteiger partial charge in [-0.05, 0) is 23.3 Å². The molecule has 0 radical (unpaired) electrons. The number of hydrogen-bond acceptors (Lipinski definition) is 4. The van der Waals surface area contributed by atoms with E-state index in [1.165, 1.54) is 11.3 Å². The van der Waals surface area contributed by atoms with Crippen molar-refractivity contribution in [1.82, 2.24) is 4.98 Å². The average molecular weight is 315 g/mol. The first-order valence-electron chi connectivity index (χ1n) is 6.41. The molecule has 0 unspecified atom stereocenters. The number of benzene rings is 2. The molecule has 0 aliphatic rings. The van der Waals surface area contributed by atoms with E-state index in [1.54, 1.807) is 23.8 Å². The lowest BCUT2D eigenvalue weighted by Crippen LogP contribution is -2.03. The maximum absolute atomic E-state index is 12.3. The van der Waals surface area contributed by atoms with Crippen LogP contribution >= 0.6 is 11.3 Å². The maximum atomic E-state index is 12.3. The van der Waals surface area contributed by atoms with Gasteiger partial charge in [-0.1, -0.05) is 42.5 Å². The Morgan fingerprint density at radius 1 is 0.905 bits per heavy atom. The predicted octanol–water partition coefficient (Wildman–Crippen LogP) is 3.78. The molecule has 0 bridgehead atoms. The van der Waals surface area contributed by atoms with Gasteiger partial charge in [0.05, 0.1) is 16.2 Å². The molecular weight excluding hydrogens is 302 g/mol. The van der Waals surface area contributed by atoms with Gasteiger partial charge in [0, 0.05) is 11.1 Å². The number of thiazole rings is 1. The summed E-state index contributed by atoms with van der Waals surface area (Å²) in [7, 11) is -3.31. The van der Waals surface area contributed by atoms with Crippen LogP contribution in [-0.2, 0) is 15.6 Å². The minimum Gasteiger partial charge on any atom is -0.253 e. The zero-order chi connectivity index (χ0) is 14.7. The molecular formula is C16H13NO2S2. The fraction of sp³-hybridized carbons (Fsp3) is 0.0625. The Balaban J connectivity index is 1.87. The highest BCUT2D eigenvalue weighted by atomic mass is 32.2. The van der Waals surface area contributed by atoms with Gasteiger partial charge in [0.1, 0.15) is 0 Å². The highest BCUT2D eigenvalue weighted by molar-refractivity contribution is 7.90. The lowest BCUT2D eigenvalue weighted by molar-refractivity contribution is 0.595. The summed E-state index contributed by atoms with van der Waals surface area (Å²) in [5.41, 5.74) is 3.72. The van der Waals surface area contributed by atoms with Crippen molar-refractivity contribution in [2.45, 2.75) is 10.6 Å². The Labute approximate surface area is 127 Å². The summed E-state index contributed by atoms with van der Waals surface area (Å²) in [6.07, 6.45) is 1.60. The van der Waals surface area contributed by atoms with Gasteiger partial charge < -0.3 is 0 Å². The van der Waals surface area contributed by atoms with Crippen molar-refractivity contribution < 1.29 is 8.42 Å². The molecule has 2 aromatic carbocycles. The number of hydrogen-bond donors (Lipinski definition) is 0. The number of aromatic nitrogens is 1. The molecule has 0 atom stereocenters. The SMILES string of the molecule is O=S(=O)(Cc1cncs1)c1ccc(-c2ccccc2)cc1.